The van der Waals surface area contributed by atoms with E-state index in [1.54, 1.807) is 26.1 Å². The lowest BCUT2D eigenvalue weighted by molar-refractivity contribution is -0.128. The number of hydrogen-bond donors (Lipinski definition) is 1. The fraction of sp³-hybridized carbons (Fsp3) is 0.200. The van der Waals surface area contributed by atoms with Crippen LogP contribution in [0.5, 0.6) is 5.75 Å². The van der Waals surface area contributed by atoms with E-state index in [1.807, 2.05) is 36.4 Å². The molecule has 0 unspecified atom stereocenters. The molecule has 0 spiro atoms. The van der Waals surface area contributed by atoms with E-state index in [4.69, 9.17) is 4.74 Å². The second kappa shape index (κ2) is 6.21. The summed E-state index contributed by atoms with van der Waals surface area (Å²) in [4.78, 5) is 16.4. The molecule has 20 heavy (non-hydrogen) atoms. The van der Waals surface area contributed by atoms with Crippen LogP contribution < -0.4 is 10.1 Å². The molecule has 2 rings (SSSR count). The maximum absolute atomic E-state index is 12.2. The molecule has 1 N–H and O–H groups in total. The lowest BCUT2D eigenvalue weighted by Gasteiger charge is -2.25. The fourth-order valence-corrected chi connectivity index (χ4v) is 1.87. The zero-order valence-corrected chi connectivity index (χ0v) is 13.4. The van der Waals surface area contributed by atoms with Crippen LogP contribution in [0.2, 0.25) is 0 Å². The highest BCUT2D eigenvalue weighted by molar-refractivity contribution is 14.1. The van der Waals surface area contributed by atoms with Crippen LogP contribution in [0.25, 0.3) is 0 Å². The van der Waals surface area contributed by atoms with Gasteiger partial charge in [0.25, 0.3) is 5.91 Å². The molecule has 1 aromatic carbocycles. The number of para-hydroxylation sites is 1. The first-order chi connectivity index (χ1) is 9.47. The van der Waals surface area contributed by atoms with Crippen molar-refractivity contribution in [2.24, 2.45) is 0 Å². The van der Waals surface area contributed by atoms with Gasteiger partial charge in [0.15, 0.2) is 5.60 Å². The van der Waals surface area contributed by atoms with Crippen LogP contribution in [0.3, 0.4) is 0 Å². The number of hydrogen-bond acceptors (Lipinski definition) is 3. The van der Waals surface area contributed by atoms with E-state index in [2.05, 4.69) is 32.9 Å². The van der Waals surface area contributed by atoms with E-state index >= 15 is 0 Å². The van der Waals surface area contributed by atoms with Crippen molar-refractivity contribution in [2.45, 2.75) is 19.4 Å². The minimum Gasteiger partial charge on any atom is -0.478 e. The Bertz CT molecular complexity index is 583. The van der Waals surface area contributed by atoms with Crippen molar-refractivity contribution in [2.75, 3.05) is 5.32 Å². The summed E-state index contributed by atoms with van der Waals surface area (Å²) in [6.07, 6.45) is 1.70. The number of halogens is 1. The third-order valence-electron chi connectivity index (χ3n) is 2.63. The molecule has 0 saturated heterocycles. The SMILES string of the molecule is CC(C)(Oc1ccccc1)C(=O)Nc1ccc(I)cn1. The maximum atomic E-state index is 12.2. The molecule has 0 radical (unpaired) electrons. The van der Waals surface area contributed by atoms with Crippen molar-refractivity contribution in [3.63, 3.8) is 0 Å². The summed E-state index contributed by atoms with van der Waals surface area (Å²) in [6.45, 7) is 3.45. The summed E-state index contributed by atoms with van der Waals surface area (Å²) >= 11 is 2.16. The molecular formula is C15H15IN2O2. The van der Waals surface area contributed by atoms with Gasteiger partial charge in [-0.15, -0.1) is 0 Å². The molecule has 2 aromatic rings. The number of benzene rings is 1. The number of carbonyl (C=O) groups excluding carboxylic acids is 1. The van der Waals surface area contributed by atoms with Crippen molar-refractivity contribution < 1.29 is 9.53 Å². The number of anilines is 1. The number of carbonyl (C=O) groups is 1. The topological polar surface area (TPSA) is 51.2 Å². The normalized spacial score (nSPS) is 10.9. The first-order valence-corrected chi connectivity index (χ1v) is 7.22. The van der Waals surface area contributed by atoms with Crippen molar-refractivity contribution in [3.05, 3.63) is 52.2 Å². The summed E-state index contributed by atoms with van der Waals surface area (Å²) < 4.78 is 6.73. The van der Waals surface area contributed by atoms with Crippen molar-refractivity contribution in [3.8, 4) is 5.75 Å². The van der Waals surface area contributed by atoms with Crippen LogP contribution >= 0.6 is 22.6 Å². The largest absolute Gasteiger partial charge is 0.478 e. The molecule has 0 fully saturated rings. The van der Waals surface area contributed by atoms with Crippen LogP contribution in [0, 0.1) is 3.57 Å². The van der Waals surface area contributed by atoms with Crippen LogP contribution in [0.4, 0.5) is 5.82 Å². The molecule has 0 aliphatic rings. The van der Waals surface area contributed by atoms with Gasteiger partial charge in [-0.2, -0.15) is 0 Å². The number of rotatable bonds is 4. The molecule has 5 heteroatoms. The minimum atomic E-state index is -0.980. The monoisotopic (exact) mass is 382 g/mol. The Morgan fingerprint density at radius 3 is 2.50 bits per heavy atom. The summed E-state index contributed by atoms with van der Waals surface area (Å²) in [7, 11) is 0. The van der Waals surface area contributed by atoms with Crippen LogP contribution in [0.15, 0.2) is 48.7 Å². The quantitative estimate of drug-likeness (QED) is 0.824. The van der Waals surface area contributed by atoms with Crippen molar-refractivity contribution in [1.82, 2.24) is 4.98 Å². The minimum absolute atomic E-state index is 0.241. The smallest absolute Gasteiger partial charge is 0.269 e. The molecule has 4 nitrogen and oxygen atoms in total. The molecule has 0 bridgehead atoms. The van der Waals surface area contributed by atoms with Gasteiger partial charge in [-0.25, -0.2) is 4.98 Å². The first-order valence-electron chi connectivity index (χ1n) is 6.14. The van der Waals surface area contributed by atoms with Gasteiger partial charge in [0.2, 0.25) is 0 Å². The molecule has 0 saturated carbocycles. The fourth-order valence-electron chi connectivity index (χ4n) is 1.55. The van der Waals surface area contributed by atoms with E-state index < -0.39 is 5.60 Å². The predicted molar refractivity (Wildman–Crippen MR) is 86.7 cm³/mol. The Morgan fingerprint density at radius 1 is 1.20 bits per heavy atom. The Labute approximate surface area is 131 Å². The highest BCUT2D eigenvalue weighted by Crippen LogP contribution is 2.19. The summed E-state index contributed by atoms with van der Waals surface area (Å²) in [5, 5.41) is 2.75. The number of pyridine rings is 1. The average Bonchev–Trinajstić information content (AvgIpc) is 2.42. The van der Waals surface area contributed by atoms with Crippen LogP contribution in [0.1, 0.15) is 13.8 Å². The van der Waals surface area contributed by atoms with E-state index in [9.17, 15) is 4.79 Å². The number of aromatic nitrogens is 1. The van der Waals surface area contributed by atoms with E-state index in [1.165, 1.54) is 0 Å². The van der Waals surface area contributed by atoms with E-state index in [-0.39, 0.29) is 5.91 Å². The highest BCUT2D eigenvalue weighted by atomic mass is 127. The summed E-state index contributed by atoms with van der Waals surface area (Å²) in [5.41, 5.74) is -0.980. The predicted octanol–water partition coefficient (Wildman–Crippen LogP) is 3.48. The number of nitrogens with zero attached hydrogens (tertiary/aromatic N) is 1. The second-order valence-corrected chi connectivity index (χ2v) is 5.99. The Kier molecular flexibility index (Phi) is 4.59. The third kappa shape index (κ3) is 3.93. The third-order valence-corrected chi connectivity index (χ3v) is 3.27. The lowest BCUT2D eigenvalue weighted by atomic mass is 10.1. The molecule has 0 aliphatic heterocycles. The zero-order chi connectivity index (χ0) is 14.6. The molecule has 1 aromatic heterocycles. The van der Waals surface area contributed by atoms with Gasteiger partial charge in [0.05, 0.1) is 0 Å². The molecular weight excluding hydrogens is 367 g/mol. The van der Waals surface area contributed by atoms with Gasteiger partial charge >= 0.3 is 0 Å². The Hall–Kier alpha value is -1.63. The van der Waals surface area contributed by atoms with Gasteiger partial charge in [-0.3, -0.25) is 4.79 Å². The molecule has 104 valence electrons. The summed E-state index contributed by atoms with van der Waals surface area (Å²) in [5.74, 6) is 0.929. The number of ether oxygens (including phenoxy) is 1. The van der Waals surface area contributed by atoms with E-state index in [0.29, 0.717) is 11.6 Å². The molecule has 1 amide bonds. The van der Waals surface area contributed by atoms with Gasteiger partial charge in [0, 0.05) is 9.77 Å². The van der Waals surface area contributed by atoms with Crippen LogP contribution in [-0.4, -0.2) is 16.5 Å². The van der Waals surface area contributed by atoms with Crippen LogP contribution in [-0.2, 0) is 4.79 Å². The van der Waals surface area contributed by atoms with Gasteiger partial charge in [-0.1, -0.05) is 18.2 Å². The molecule has 0 aliphatic carbocycles. The van der Waals surface area contributed by atoms with E-state index in [0.717, 1.165) is 3.57 Å². The Morgan fingerprint density at radius 2 is 1.90 bits per heavy atom. The highest BCUT2D eigenvalue weighted by Gasteiger charge is 2.30. The second-order valence-electron chi connectivity index (χ2n) is 4.74. The van der Waals surface area contributed by atoms with Gasteiger partial charge in [-0.05, 0) is 60.7 Å². The summed E-state index contributed by atoms with van der Waals surface area (Å²) in [6, 6.07) is 12.9. The van der Waals surface area contributed by atoms with Gasteiger partial charge in [0.1, 0.15) is 11.6 Å². The van der Waals surface area contributed by atoms with Crippen molar-refractivity contribution >= 4 is 34.3 Å². The molecule has 1 heterocycles. The van der Waals surface area contributed by atoms with Gasteiger partial charge < -0.3 is 10.1 Å². The standard InChI is InChI=1S/C15H15IN2O2/c1-15(2,20-12-6-4-3-5-7-12)14(19)18-13-9-8-11(16)10-17-13/h3-10H,1-2H3,(H,17,18,19). The number of amides is 1. The Balaban J connectivity index is 2.05. The van der Waals surface area contributed by atoms with Crippen molar-refractivity contribution in [1.29, 1.82) is 0 Å². The molecule has 0 atom stereocenters. The number of nitrogens with one attached hydrogen (secondary N) is 1. The maximum Gasteiger partial charge on any atom is 0.269 e. The average molecular weight is 382 g/mol. The lowest BCUT2D eigenvalue weighted by Crippen LogP contribution is -2.42. The zero-order valence-electron chi connectivity index (χ0n) is 11.3. The first kappa shape index (κ1) is 14.8.